The summed E-state index contributed by atoms with van der Waals surface area (Å²) in [4.78, 5) is 32.7. The van der Waals surface area contributed by atoms with Crippen LogP contribution in [0.2, 0.25) is 0 Å². The first-order valence-corrected chi connectivity index (χ1v) is 8.21. The van der Waals surface area contributed by atoms with Crippen molar-refractivity contribution >= 4 is 11.9 Å². The second-order valence-electron chi connectivity index (χ2n) is 6.17. The van der Waals surface area contributed by atoms with Gasteiger partial charge in [0.15, 0.2) is 0 Å². The Morgan fingerprint density at radius 2 is 1.80 bits per heavy atom. The topological polar surface area (TPSA) is 81.2 Å². The van der Waals surface area contributed by atoms with Gasteiger partial charge < -0.3 is 10.1 Å². The Kier molecular flexibility index (Phi) is 6.22. The van der Waals surface area contributed by atoms with Crippen LogP contribution >= 0.6 is 0 Å². The van der Waals surface area contributed by atoms with Crippen LogP contribution in [-0.2, 0) is 9.53 Å². The minimum absolute atomic E-state index is 0.0526. The number of aromatic nitrogens is 2. The molecule has 6 nitrogen and oxygen atoms in total. The summed E-state index contributed by atoms with van der Waals surface area (Å²) < 4.78 is 5.22. The molecule has 0 saturated heterocycles. The summed E-state index contributed by atoms with van der Waals surface area (Å²) in [5.74, 6) is -0.202. The summed E-state index contributed by atoms with van der Waals surface area (Å²) in [6.45, 7) is 7.28. The molecule has 0 aliphatic rings. The molecule has 1 unspecified atom stereocenters. The summed E-state index contributed by atoms with van der Waals surface area (Å²) in [6, 6.07) is 8.73. The SMILES string of the molecule is Cc1ccc(C(CC(=O)OC(C)C)NC(=O)c2ccnc(C)n2)cc1. The summed E-state index contributed by atoms with van der Waals surface area (Å²) in [5, 5.41) is 2.87. The number of carbonyl (C=O) groups excluding carboxylic acids is 2. The predicted molar refractivity (Wildman–Crippen MR) is 94.0 cm³/mol. The van der Waals surface area contributed by atoms with Crippen molar-refractivity contribution in [3.05, 3.63) is 59.2 Å². The molecule has 1 heterocycles. The smallest absolute Gasteiger partial charge is 0.308 e. The van der Waals surface area contributed by atoms with E-state index < -0.39 is 6.04 Å². The van der Waals surface area contributed by atoms with Gasteiger partial charge in [-0.3, -0.25) is 9.59 Å². The van der Waals surface area contributed by atoms with E-state index in [1.165, 1.54) is 6.20 Å². The number of aryl methyl sites for hydroxylation is 2. The Hall–Kier alpha value is -2.76. The average Bonchev–Trinajstić information content (AvgIpc) is 2.54. The van der Waals surface area contributed by atoms with Crippen molar-refractivity contribution in [3.8, 4) is 0 Å². The zero-order chi connectivity index (χ0) is 18.4. The summed E-state index contributed by atoms with van der Waals surface area (Å²) in [7, 11) is 0. The van der Waals surface area contributed by atoms with Gasteiger partial charge in [-0.1, -0.05) is 29.8 Å². The van der Waals surface area contributed by atoms with Crippen molar-refractivity contribution in [2.45, 2.75) is 46.3 Å². The Morgan fingerprint density at radius 3 is 2.40 bits per heavy atom. The van der Waals surface area contributed by atoms with Crippen molar-refractivity contribution in [1.29, 1.82) is 0 Å². The lowest BCUT2D eigenvalue weighted by atomic mass is 10.0. The van der Waals surface area contributed by atoms with E-state index in [1.807, 2.05) is 31.2 Å². The lowest BCUT2D eigenvalue weighted by molar-refractivity contribution is -0.147. The Morgan fingerprint density at radius 1 is 1.12 bits per heavy atom. The van der Waals surface area contributed by atoms with Gasteiger partial charge >= 0.3 is 5.97 Å². The molecule has 1 N–H and O–H groups in total. The summed E-state index contributed by atoms with van der Waals surface area (Å²) in [6.07, 6.45) is 1.38. The molecule has 0 aliphatic carbocycles. The molecule has 2 rings (SSSR count). The van der Waals surface area contributed by atoms with Crippen molar-refractivity contribution in [2.75, 3.05) is 0 Å². The molecular weight excluding hydrogens is 318 g/mol. The van der Waals surface area contributed by atoms with E-state index in [1.54, 1.807) is 26.8 Å². The highest BCUT2D eigenvalue weighted by molar-refractivity contribution is 5.92. The van der Waals surface area contributed by atoms with Crippen molar-refractivity contribution in [1.82, 2.24) is 15.3 Å². The third kappa shape index (κ3) is 5.67. The Labute approximate surface area is 147 Å². The number of rotatable bonds is 6. The van der Waals surface area contributed by atoms with Crippen LogP contribution in [0.25, 0.3) is 0 Å². The van der Waals surface area contributed by atoms with Gasteiger partial charge in [0.25, 0.3) is 5.91 Å². The zero-order valence-corrected chi connectivity index (χ0v) is 14.9. The molecular formula is C19H23N3O3. The second-order valence-corrected chi connectivity index (χ2v) is 6.17. The highest BCUT2D eigenvalue weighted by Crippen LogP contribution is 2.19. The molecule has 0 radical (unpaired) electrons. The number of hydrogen-bond donors (Lipinski definition) is 1. The molecule has 0 bridgehead atoms. The first-order valence-electron chi connectivity index (χ1n) is 8.21. The van der Waals surface area contributed by atoms with Gasteiger partial charge in [0.2, 0.25) is 0 Å². The van der Waals surface area contributed by atoms with Crippen LogP contribution in [0.1, 0.15) is 53.7 Å². The number of hydrogen-bond acceptors (Lipinski definition) is 5. The number of nitrogens with zero attached hydrogens (tertiary/aromatic N) is 2. The number of benzene rings is 1. The molecule has 1 amide bonds. The molecule has 0 aliphatic heterocycles. The van der Waals surface area contributed by atoms with Crippen LogP contribution in [0.5, 0.6) is 0 Å². The zero-order valence-electron chi connectivity index (χ0n) is 14.9. The van der Waals surface area contributed by atoms with Gasteiger partial charge in [0, 0.05) is 6.20 Å². The monoisotopic (exact) mass is 341 g/mol. The van der Waals surface area contributed by atoms with E-state index in [9.17, 15) is 9.59 Å². The Balaban J connectivity index is 2.20. The molecule has 1 aromatic heterocycles. The molecule has 0 spiro atoms. The predicted octanol–water partition coefficient (Wildman–Crippen LogP) is 2.91. The third-order valence-corrected chi connectivity index (χ3v) is 3.53. The normalized spacial score (nSPS) is 11.9. The number of esters is 1. The van der Waals surface area contributed by atoms with Crippen LogP contribution < -0.4 is 5.32 Å². The van der Waals surface area contributed by atoms with E-state index in [2.05, 4.69) is 15.3 Å². The van der Waals surface area contributed by atoms with Crippen molar-refractivity contribution in [2.24, 2.45) is 0 Å². The van der Waals surface area contributed by atoms with E-state index >= 15 is 0 Å². The lowest BCUT2D eigenvalue weighted by Gasteiger charge is -2.19. The molecule has 2 aromatic rings. The van der Waals surface area contributed by atoms with Crippen LogP contribution in [0.3, 0.4) is 0 Å². The first kappa shape index (κ1) is 18.6. The minimum atomic E-state index is -0.491. The fourth-order valence-corrected chi connectivity index (χ4v) is 2.34. The highest BCUT2D eigenvalue weighted by atomic mass is 16.5. The number of ether oxygens (including phenoxy) is 1. The van der Waals surface area contributed by atoms with Gasteiger partial charge in [-0.2, -0.15) is 0 Å². The van der Waals surface area contributed by atoms with E-state index in [-0.39, 0.29) is 30.1 Å². The second kappa shape index (κ2) is 8.37. The molecule has 1 atom stereocenters. The molecule has 132 valence electrons. The standard InChI is InChI=1S/C19H23N3O3/c1-12(2)25-18(23)11-17(15-7-5-13(3)6-8-15)22-19(24)16-9-10-20-14(4)21-16/h5-10,12,17H,11H2,1-4H3,(H,22,24). The van der Waals surface area contributed by atoms with Gasteiger partial charge in [0.05, 0.1) is 18.6 Å². The summed E-state index contributed by atoms with van der Waals surface area (Å²) >= 11 is 0. The molecule has 6 heteroatoms. The Bertz CT molecular complexity index is 742. The van der Waals surface area contributed by atoms with Crippen LogP contribution in [0.15, 0.2) is 36.5 Å². The maximum absolute atomic E-state index is 12.5. The fraction of sp³-hybridized carbons (Fsp3) is 0.368. The number of carbonyl (C=O) groups is 2. The van der Waals surface area contributed by atoms with Gasteiger partial charge in [-0.05, 0) is 39.3 Å². The van der Waals surface area contributed by atoms with E-state index in [0.29, 0.717) is 5.82 Å². The van der Waals surface area contributed by atoms with E-state index in [0.717, 1.165) is 11.1 Å². The van der Waals surface area contributed by atoms with Crippen molar-refractivity contribution < 1.29 is 14.3 Å². The quantitative estimate of drug-likeness (QED) is 0.817. The van der Waals surface area contributed by atoms with Gasteiger partial charge in [-0.15, -0.1) is 0 Å². The lowest BCUT2D eigenvalue weighted by Crippen LogP contribution is -2.31. The molecule has 25 heavy (non-hydrogen) atoms. The van der Waals surface area contributed by atoms with Crippen LogP contribution in [-0.4, -0.2) is 27.9 Å². The number of nitrogens with one attached hydrogen (secondary N) is 1. The highest BCUT2D eigenvalue weighted by Gasteiger charge is 2.21. The van der Waals surface area contributed by atoms with Gasteiger partial charge in [-0.25, -0.2) is 9.97 Å². The van der Waals surface area contributed by atoms with E-state index in [4.69, 9.17) is 4.74 Å². The largest absolute Gasteiger partial charge is 0.463 e. The molecule has 0 saturated carbocycles. The van der Waals surface area contributed by atoms with Gasteiger partial charge in [0.1, 0.15) is 11.5 Å². The fourth-order valence-electron chi connectivity index (χ4n) is 2.34. The minimum Gasteiger partial charge on any atom is -0.463 e. The van der Waals surface area contributed by atoms with Crippen LogP contribution in [0, 0.1) is 13.8 Å². The maximum atomic E-state index is 12.5. The van der Waals surface area contributed by atoms with Crippen molar-refractivity contribution in [3.63, 3.8) is 0 Å². The summed E-state index contributed by atoms with van der Waals surface area (Å²) in [5.41, 5.74) is 2.21. The van der Waals surface area contributed by atoms with Crippen LogP contribution in [0.4, 0.5) is 0 Å². The first-order chi connectivity index (χ1) is 11.8. The maximum Gasteiger partial charge on any atom is 0.308 e. The third-order valence-electron chi connectivity index (χ3n) is 3.53. The molecule has 0 fully saturated rings. The molecule has 1 aromatic carbocycles. The average molecular weight is 341 g/mol. The number of amides is 1.